The van der Waals surface area contributed by atoms with Crippen molar-refractivity contribution in [1.82, 2.24) is 10.6 Å². The smallest absolute Gasteiger partial charge is 0.191 e. The summed E-state index contributed by atoms with van der Waals surface area (Å²) in [7, 11) is 0. The maximum absolute atomic E-state index is 13.1. The van der Waals surface area contributed by atoms with Gasteiger partial charge in [-0.2, -0.15) is 0 Å². The van der Waals surface area contributed by atoms with E-state index in [-0.39, 0.29) is 11.6 Å². The molecule has 1 aliphatic rings. The second-order valence-corrected chi connectivity index (χ2v) is 4.55. The third kappa shape index (κ3) is 3.58. The molecule has 0 saturated heterocycles. The number of benzene rings is 1. The fourth-order valence-electron chi connectivity index (χ4n) is 1.73. The zero-order valence-electron chi connectivity index (χ0n) is 9.79. The molecule has 1 atom stereocenters. The second-order valence-electron chi connectivity index (χ2n) is 4.11. The topological polar surface area (TPSA) is 56.6 Å². The number of hydrogen-bond donors (Lipinski definition) is 3. The van der Waals surface area contributed by atoms with Gasteiger partial charge in [-0.1, -0.05) is 11.6 Å². The van der Waals surface area contributed by atoms with E-state index in [1.807, 2.05) is 0 Å². The van der Waals surface area contributed by atoms with E-state index >= 15 is 0 Å². The molecule has 98 valence electrons. The lowest BCUT2D eigenvalue weighted by molar-refractivity contribution is 0.180. The van der Waals surface area contributed by atoms with Crippen molar-refractivity contribution in [1.29, 1.82) is 0 Å². The van der Waals surface area contributed by atoms with Crippen LogP contribution in [0.3, 0.4) is 0 Å². The molecule has 0 bridgehead atoms. The molecular weight excluding hydrogens is 257 g/mol. The van der Waals surface area contributed by atoms with E-state index in [1.165, 1.54) is 12.1 Å². The average Bonchev–Trinajstić information content (AvgIpc) is 2.36. The second kappa shape index (κ2) is 6.02. The highest BCUT2D eigenvalue weighted by molar-refractivity contribution is 6.30. The van der Waals surface area contributed by atoms with Gasteiger partial charge in [0.05, 0.1) is 6.10 Å². The molecule has 0 amide bonds. The molecule has 0 aromatic heterocycles. The standard InChI is InChI=1S/C12H15ClFN3O/c13-9-4-8(5-10(14)6-9)11(18)7-17-12-15-2-1-3-16-12/h4-6,11,18H,1-3,7H2,(H2,15,16,17). The summed E-state index contributed by atoms with van der Waals surface area (Å²) in [5.41, 5.74) is 0.448. The minimum absolute atomic E-state index is 0.256. The Morgan fingerprint density at radius 3 is 3.00 bits per heavy atom. The van der Waals surface area contributed by atoms with Gasteiger partial charge in [-0.3, -0.25) is 4.99 Å². The summed E-state index contributed by atoms with van der Waals surface area (Å²) >= 11 is 5.74. The van der Waals surface area contributed by atoms with Crippen LogP contribution < -0.4 is 10.6 Å². The molecule has 1 aliphatic heterocycles. The summed E-state index contributed by atoms with van der Waals surface area (Å²) in [6.45, 7) is 1.90. The van der Waals surface area contributed by atoms with E-state index in [2.05, 4.69) is 15.6 Å². The third-order valence-corrected chi connectivity index (χ3v) is 2.85. The summed E-state index contributed by atoms with van der Waals surface area (Å²) in [5.74, 6) is 0.215. The number of halogens is 2. The molecule has 1 aromatic carbocycles. The van der Waals surface area contributed by atoms with Crippen LogP contribution in [0.4, 0.5) is 4.39 Å². The number of guanidine groups is 1. The van der Waals surface area contributed by atoms with Gasteiger partial charge in [0.1, 0.15) is 5.82 Å². The van der Waals surface area contributed by atoms with Crippen molar-refractivity contribution in [3.05, 3.63) is 34.6 Å². The van der Waals surface area contributed by atoms with Crippen LogP contribution in [0.2, 0.25) is 5.02 Å². The van der Waals surface area contributed by atoms with Gasteiger partial charge in [-0.25, -0.2) is 4.39 Å². The van der Waals surface area contributed by atoms with Crippen molar-refractivity contribution in [3.8, 4) is 0 Å². The number of hydrogen-bond acceptors (Lipinski definition) is 4. The van der Waals surface area contributed by atoms with Crippen LogP contribution in [-0.4, -0.2) is 30.7 Å². The maximum atomic E-state index is 13.1. The number of nitrogens with one attached hydrogen (secondary N) is 2. The Bertz CT molecular complexity index is 433. The molecular formula is C12H15ClFN3O. The van der Waals surface area contributed by atoms with Crippen LogP contribution in [-0.2, 0) is 0 Å². The molecule has 0 spiro atoms. The first-order chi connectivity index (χ1) is 8.65. The molecule has 1 heterocycles. The minimum atomic E-state index is -0.829. The van der Waals surface area contributed by atoms with Crippen molar-refractivity contribution < 1.29 is 9.50 Å². The van der Waals surface area contributed by atoms with Gasteiger partial charge in [0, 0.05) is 24.7 Å². The quantitative estimate of drug-likeness (QED) is 0.780. The molecule has 3 N–H and O–H groups in total. The monoisotopic (exact) mass is 271 g/mol. The number of nitrogens with zero attached hydrogens (tertiary/aromatic N) is 1. The first kappa shape index (κ1) is 13.1. The van der Waals surface area contributed by atoms with E-state index < -0.39 is 11.9 Å². The van der Waals surface area contributed by atoms with Gasteiger partial charge in [0.25, 0.3) is 0 Å². The lowest BCUT2D eigenvalue weighted by atomic mass is 10.1. The number of rotatable bonds is 3. The Morgan fingerprint density at radius 1 is 1.50 bits per heavy atom. The van der Waals surface area contributed by atoms with E-state index in [4.69, 9.17) is 11.6 Å². The minimum Gasteiger partial charge on any atom is -0.387 e. The summed E-state index contributed by atoms with van der Waals surface area (Å²) in [6.07, 6.45) is 0.178. The summed E-state index contributed by atoms with van der Waals surface area (Å²) < 4.78 is 13.1. The summed E-state index contributed by atoms with van der Waals surface area (Å²) in [5, 5.41) is 16.3. The zero-order chi connectivity index (χ0) is 13.0. The first-order valence-electron chi connectivity index (χ1n) is 5.81. The lowest BCUT2D eigenvalue weighted by Crippen LogP contribution is -2.42. The van der Waals surface area contributed by atoms with Crippen LogP contribution in [0.25, 0.3) is 0 Å². The molecule has 0 fully saturated rings. The molecule has 18 heavy (non-hydrogen) atoms. The van der Waals surface area contributed by atoms with Crippen molar-refractivity contribution in [2.75, 3.05) is 19.6 Å². The Labute approximate surface area is 110 Å². The lowest BCUT2D eigenvalue weighted by Gasteiger charge is -2.18. The molecule has 1 aromatic rings. The predicted molar refractivity (Wildman–Crippen MR) is 69.3 cm³/mol. The van der Waals surface area contributed by atoms with Gasteiger partial charge >= 0.3 is 0 Å². The van der Waals surface area contributed by atoms with Crippen LogP contribution in [0, 0.1) is 5.82 Å². The maximum Gasteiger partial charge on any atom is 0.191 e. The zero-order valence-corrected chi connectivity index (χ0v) is 10.5. The molecule has 4 nitrogen and oxygen atoms in total. The molecule has 0 radical (unpaired) electrons. The highest BCUT2D eigenvalue weighted by atomic mass is 35.5. The van der Waals surface area contributed by atoms with Crippen molar-refractivity contribution in [2.45, 2.75) is 12.5 Å². The highest BCUT2D eigenvalue weighted by Gasteiger charge is 2.11. The van der Waals surface area contributed by atoms with E-state index in [9.17, 15) is 9.50 Å². The van der Waals surface area contributed by atoms with Crippen molar-refractivity contribution in [2.24, 2.45) is 4.99 Å². The molecule has 2 rings (SSSR count). The van der Waals surface area contributed by atoms with Crippen molar-refractivity contribution >= 4 is 17.6 Å². The summed E-state index contributed by atoms with van der Waals surface area (Å²) in [6, 6.07) is 4.03. The number of aliphatic imine (C=N–C) groups is 1. The van der Waals surface area contributed by atoms with Gasteiger partial charge in [-0.05, 0) is 30.2 Å². The van der Waals surface area contributed by atoms with Gasteiger partial charge < -0.3 is 15.7 Å². The van der Waals surface area contributed by atoms with Crippen LogP contribution in [0.5, 0.6) is 0 Å². The SMILES string of the molecule is OC(CNC1=NCCCN1)c1cc(F)cc(Cl)c1. The Morgan fingerprint density at radius 2 is 2.33 bits per heavy atom. The molecule has 6 heteroatoms. The van der Waals surface area contributed by atoms with Crippen LogP contribution >= 0.6 is 11.6 Å². The molecule has 0 saturated carbocycles. The van der Waals surface area contributed by atoms with Crippen molar-refractivity contribution in [3.63, 3.8) is 0 Å². The van der Waals surface area contributed by atoms with Crippen LogP contribution in [0.1, 0.15) is 18.1 Å². The Kier molecular flexibility index (Phi) is 4.38. The highest BCUT2D eigenvalue weighted by Crippen LogP contribution is 2.19. The van der Waals surface area contributed by atoms with Gasteiger partial charge in [-0.15, -0.1) is 0 Å². The first-order valence-corrected chi connectivity index (χ1v) is 6.19. The average molecular weight is 272 g/mol. The fourth-order valence-corrected chi connectivity index (χ4v) is 1.96. The summed E-state index contributed by atoms with van der Waals surface area (Å²) in [4.78, 5) is 4.21. The third-order valence-electron chi connectivity index (χ3n) is 2.63. The number of aliphatic hydroxyl groups is 1. The number of aliphatic hydroxyl groups excluding tert-OH is 1. The Balaban J connectivity index is 1.94. The van der Waals surface area contributed by atoms with Gasteiger partial charge in [0.15, 0.2) is 5.96 Å². The molecule has 1 unspecified atom stereocenters. The largest absolute Gasteiger partial charge is 0.387 e. The normalized spacial score (nSPS) is 16.7. The van der Waals surface area contributed by atoms with E-state index in [0.29, 0.717) is 11.5 Å². The Hall–Kier alpha value is -1.33. The van der Waals surface area contributed by atoms with Crippen LogP contribution in [0.15, 0.2) is 23.2 Å². The van der Waals surface area contributed by atoms with E-state index in [0.717, 1.165) is 19.5 Å². The molecule has 0 aliphatic carbocycles. The van der Waals surface area contributed by atoms with E-state index in [1.54, 1.807) is 6.07 Å². The predicted octanol–water partition coefficient (Wildman–Crippen LogP) is 1.45. The fraction of sp³-hybridized carbons (Fsp3) is 0.417. The van der Waals surface area contributed by atoms with Gasteiger partial charge in [0.2, 0.25) is 0 Å².